The molecular formula is C14H10Br2N2. The highest BCUT2D eigenvalue weighted by molar-refractivity contribution is 9.11. The molecule has 2 heterocycles. The van der Waals surface area contributed by atoms with Crippen molar-refractivity contribution in [1.82, 2.24) is 9.97 Å². The van der Waals surface area contributed by atoms with Gasteiger partial charge in [0.05, 0.1) is 11.0 Å². The molecule has 4 heteroatoms. The van der Waals surface area contributed by atoms with Crippen LogP contribution in [0.4, 0.5) is 0 Å². The molecule has 0 atom stereocenters. The number of aromatic nitrogens is 2. The Bertz CT molecular complexity index is 715. The van der Waals surface area contributed by atoms with Gasteiger partial charge in [-0.05, 0) is 26.0 Å². The molecule has 90 valence electrons. The quantitative estimate of drug-likeness (QED) is 0.528. The molecule has 0 spiro atoms. The predicted octanol–water partition coefficient (Wildman–Crippen LogP) is 4.92. The first kappa shape index (κ1) is 12.1. The van der Waals surface area contributed by atoms with Gasteiger partial charge >= 0.3 is 0 Å². The van der Waals surface area contributed by atoms with Crippen molar-refractivity contribution in [3.8, 4) is 0 Å². The van der Waals surface area contributed by atoms with Crippen molar-refractivity contribution in [3.63, 3.8) is 0 Å². The zero-order chi connectivity index (χ0) is 12.9. The van der Waals surface area contributed by atoms with E-state index in [1.807, 2.05) is 26.0 Å². The van der Waals surface area contributed by atoms with Gasteiger partial charge in [0, 0.05) is 31.1 Å². The fourth-order valence-electron chi connectivity index (χ4n) is 2.13. The molecule has 0 radical (unpaired) electrons. The average molecular weight is 366 g/mol. The molecule has 2 aromatic heterocycles. The lowest BCUT2D eigenvalue weighted by Gasteiger charge is -2.08. The Labute approximate surface area is 122 Å². The predicted molar refractivity (Wildman–Crippen MR) is 81.9 cm³/mol. The number of hydrogen-bond donors (Lipinski definition) is 0. The van der Waals surface area contributed by atoms with Gasteiger partial charge in [-0.2, -0.15) is 0 Å². The number of nitrogens with zero attached hydrogens (tertiary/aromatic N) is 2. The molecule has 0 N–H and O–H groups in total. The van der Waals surface area contributed by atoms with Gasteiger partial charge in [0.2, 0.25) is 0 Å². The van der Waals surface area contributed by atoms with Crippen LogP contribution in [0.1, 0.15) is 11.4 Å². The first-order valence-corrected chi connectivity index (χ1v) is 7.17. The lowest BCUT2D eigenvalue weighted by Crippen LogP contribution is -1.91. The Morgan fingerprint density at radius 3 is 1.56 bits per heavy atom. The largest absolute Gasteiger partial charge is 0.251 e. The number of fused-ring (bicyclic) bond motifs is 3. The van der Waals surface area contributed by atoms with Crippen LogP contribution >= 0.6 is 31.9 Å². The van der Waals surface area contributed by atoms with Gasteiger partial charge in [0.25, 0.3) is 0 Å². The van der Waals surface area contributed by atoms with Gasteiger partial charge in [-0.1, -0.05) is 44.0 Å². The van der Waals surface area contributed by atoms with Crippen LogP contribution in [-0.4, -0.2) is 9.97 Å². The number of benzene rings is 1. The molecule has 2 nitrogen and oxygen atoms in total. The molecule has 18 heavy (non-hydrogen) atoms. The molecular weight excluding hydrogens is 356 g/mol. The van der Waals surface area contributed by atoms with Crippen LogP contribution in [0.3, 0.4) is 0 Å². The Morgan fingerprint density at radius 2 is 1.17 bits per heavy atom. The van der Waals surface area contributed by atoms with Gasteiger partial charge in [-0.15, -0.1) is 0 Å². The topological polar surface area (TPSA) is 25.8 Å². The summed E-state index contributed by atoms with van der Waals surface area (Å²) in [5, 5.41) is 2.19. The highest BCUT2D eigenvalue weighted by atomic mass is 79.9. The van der Waals surface area contributed by atoms with Crippen molar-refractivity contribution >= 4 is 53.7 Å². The van der Waals surface area contributed by atoms with E-state index in [0.29, 0.717) is 0 Å². The van der Waals surface area contributed by atoms with Gasteiger partial charge in [-0.25, -0.2) is 0 Å². The molecule has 0 saturated carbocycles. The SMILES string of the molecule is Cc1cc(Br)c2ccc3c(Br)cc(C)nc3c2n1. The third kappa shape index (κ3) is 1.84. The maximum atomic E-state index is 4.63. The Hall–Kier alpha value is -1.00. The van der Waals surface area contributed by atoms with E-state index in [4.69, 9.17) is 0 Å². The van der Waals surface area contributed by atoms with Gasteiger partial charge < -0.3 is 0 Å². The van der Waals surface area contributed by atoms with Gasteiger partial charge in [-0.3, -0.25) is 9.97 Å². The third-order valence-corrected chi connectivity index (χ3v) is 4.23. The lowest BCUT2D eigenvalue weighted by atomic mass is 10.1. The summed E-state index contributed by atoms with van der Waals surface area (Å²) in [7, 11) is 0. The Kier molecular flexibility index (Phi) is 2.87. The van der Waals surface area contributed by atoms with Crippen LogP contribution in [0.2, 0.25) is 0 Å². The van der Waals surface area contributed by atoms with Crippen LogP contribution in [0, 0.1) is 13.8 Å². The monoisotopic (exact) mass is 364 g/mol. The second-order valence-electron chi connectivity index (χ2n) is 4.35. The van der Waals surface area contributed by atoms with Crippen LogP contribution in [0.25, 0.3) is 21.8 Å². The van der Waals surface area contributed by atoms with Crippen LogP contribution < -0.4 is 0 Å². The smallest absolute Gasteiger partial charge is 0.0979 e. The van der Waals surface area contributed by atoms with E-state index in [9.17, 15) is 0 Å². The first-order valence-electron chi connectivity index (χ1n) is 5.59. The van der Waals surface area contributed by atoms with Crippen molar-refractivity contribution < 1.29 is 0 Å². The van der Waals surface area contributed by atoms with E-state index < -0.39 is 0 Å². The fraction of sp³-hybridized carbons (Fsp3) is 0.143. The highest BCUT2D eigenvalue weighted by Gasteiger charge is 2.09. The van der Waals surface area contributed by atoms with Crippen LogP contribution in [-0.2, 0) is 0 Å². The van der Waals surface area contributed by atoms with Gasteiger partial charge in [0.15, 0.2) is 0 Å². The minimum absolute atomic E-state index is 0.948. The van der Waals surface area contributed by atoms with E-state index in [2.05, 4.69) is 54.0 Å². The van der Waals surface area contributed by atoms with Crippen LogP contribution in [0.15, 0.2) is 33.2 Å². The van der Waals surface area contributed by atoms with E-state index in [-0.39, 0.29) is 0 Å². The van der Waals surface area contributed by atoms with E-state index in [1.165, 1.54) is 0 Å². The fourth-order valence-corrected chi connectivity index (χ4v) is 3.43. The molecule has 1 aromatic carbocycles. The second-order valence-corrected chi connectivity index (χ2v) is 6.06. The Balaban J connectivity index is 2.60. The summed E-state index contributed by atoms with van der Waals surface area (Å²) in [6, 6.07) is 8.21. The summed E-state index contributed by atoms with van der Waals surface area (Å²) in [6.45, 7) is 3.99. The molecule has 0 amide bonds. The maximum absolute atomic E-state index is 4.63. The molecule has 3 rings (SSSR count). The molecule has 3 aromatic rings. The second kappa shape index (κ2) is 4.28. The van der Waals surface area contributed by atoms with Gasteiger partial charge in [0.1, 0.15) is 0 Å². The van der Waals surface area contributed by atoms with E-state index >= 15 is 0 Å². The number of aryl methyl sites for hydroxylation is 2. The molecule has 0 saturated heterocycles. The minimum atomic E-state index is 0.948. The standard InChI is InChI=1S/C14H10Br2N2/c1-7-5-11(15)9-3-4-10-12(16)6-8(2)18-14(10)13(9)17-7/h3-6H,1-2H3. The van der Waals surface area contributed by atoms with E-state index in [0.717, 1.165) is 42.1 Å². The normalized spacial score (nSPS) is 11.3. The number of rotatable bonds is 0. The summed E-state index contributed by atoms with van der Waals surface area (Å²) in [4.78, 5) is 9.27. The lowest BCUT2D eigenvalue weighted by molar-refractivity contribution is 1.22. The molecule has 0 bridgehead atoms. The molecule has 0 fully saturated rings. The summed E-state index contributed by atoms with van der Waals surface area (Å²) < 4.78 is 2.12. The minimum Gasteiger partial charge on any atom is -0.251 e. The molecule has 0 aliphatic heterocycles. The summed E-state index contributed by atoms with van der Waals surface area (Å²) in [6.07, 6.45) is 0. The molecule has 0 aliphatic rings. The number of pyridine rings is 2. The van der Waals surface area contributed by atoms with Crippen molar-refractivity contribution in [2.24, 2.45) is 0 Å². The third-order valence-electron chi connectivity index (χ3n) is 2.91. The molecule has 0 unspecified atom stereocenters. The Morgan fingerprint density at radius 1 is 0.778 bits per heavy atom. The van der Waals surface area contributed by atoms with E-state index in [1.54, 1.807) is 0 Å². The zero-order valence-electron chi connectivity index (χ0n) is 9.96. The zero-order valence-corrected chi connectivity index (χ0v) is 13.1. The van der Waals surface area contributed by atoms with Crippen molar-refractivity contribution in [2.75, 3.05) is 0 Å². The van der Waals surface area contributed by atoms with Crippen molar-refractivity contribution in [1.29, 1.82) is 0 Å². The van der Waals surface area contributed by atoms with Crippen LogP contribution in [0.5, 0.6) is 0 Å². The van der Waals surface area contributed by atoms with Crippen molar-refractivity contribution in [3.05, 3.63) is 44.6 Å². The maximum Gasteiger partial charge on any atom is 0.0979 e. The van der Waals surface area contributed by atoms with Crippen molar-refractivity contribution in [2.45, 2.75) is 13.8 Å². The number of hydrogen-bond acceptors (Lipinski definition) is 2. The summed E-state index contributed by atoms with van der Waals surface area (Å²) >= 11 is 7.18. The first-order chi connectivity index (χ1) is 8.56. The molecule has 0 aliphatic carbocycles. The highest BCUT2D eigenvalue weighted by Crippen LogP contribution is 2.32. The average Bonchev–Trinajstić information content (AvgIpc) is 2.28. The summed E-state index contributed by atoms with van der Waals surface area (Å²) in [5.41, 5.74) is 3.87. The summed E-state index contributed by atoms with van der Waals surface area (Å²) in [5.74, 6) is 0. The number of halogens is 2.